The van der Waals surface area contributed by atoms with Crippen LogP contribution in [0.1, 0.15) is 49.7 Å². The minimum absolute atomic E-state index is 0.0789. The van der Waals surface area contributed by atoms with Crippen molar-refractivity contribution < 1.29 is 9.72 Å². The summed E-state index contributed by atoms with van der Waals surface area (Å²) in [5, 5.41) is 10.9. The van der Waals surface area contributed by atoms with Crippen molar-refractivity contribution in [3.8, 4) is 0 Å². The third kappa shape index (κ3) is 2.48. The highest BCUT2D eigenvalue weighted by Gasteiger charge is 2.53. The lowest BCUT2D eigenvalue weighted by Crippen LogP contribution is -2.50. The fourth-order valence-electron chi connectivity index (χ4n) is 5.86. The summed E-state index contributed by atoms with van der Waals surface area (Å²) in [5.41, 5.74) is 1.63. The smallest absolute Gasteiger partial charge is 0.272 e. The molecule has 4 saturated carbocycles. The molecule has 0 heterocycles. The zero-order valence-electron chi connectivity index (χ0n) is 13.6. The number of Topliss-reactive ketones (excluding diaryl/α,β-unsaturated/α-hetero) is 1. The van der Waals surface area contributed by atoms with E-state index in [1.807, 2.05) is 6.07 Å². The molecule has 4 heteroatoms. The molecule has 5 rings (SSSR count). The normalized spacial score (nSPS) is 34.6. The summed E-state index contributed by atoms with van der Waals surface area (Å²) in [6.45, 7) is 1.75. The Morgan fingerprint density at radius 2 is 1.74 bits per heavy atom. The second-order valence-electron chi connectivity index (χ2n) is 8.18. The van der Waals surface area contributed by atoms with Gasteiger partial charge in [-0.25, -0.2) is 0 Å². The number of hydrogen-bond acceptors (Lipinski definition) is 3. The van der Waals surface area contributed by atoms with Gasteiger partial charge < -0.3 is 0 Å². The van der Waals surface area contributed by atoms with Crippen LogP contribution in [0.5, 0.6) is 0 Å². The van der Waals surface area contributed by atoms with Crippen molar-refractivity contribution in [1.29, 1.82) is 0 Å². The summed E-state index contributed by atoms with van der Waals surface area (Å²) in [4.78, 5) is 23.6. The monoisotopic (exact) mass is 313 g/mol. The molecule has 122 valence electrons. The second kappa shape index (κ2) is 5.15. The van der Waals surface area contributed by atoms with Crippen LogP contribution in [0.4, 0.5) is 5.69 Å². The Balaban J connectivity index is 1.54. The summed E-state index contributed by atoms with van der Waals surface area (Å²) in [5.74, 6) is 2.68. The molecule has 0 saturated heterocycles. The summed E-state index contributed by atoms with van der Waals surface area (Å²) in [6, 6.07) is 5.11. The lowest BCUT2D eigenvalue weighted by molar-refractivity contribution is -0.385. The largest absolute Gasteiger partial charge is 0.299 e. The van der Waals surface area contributed by atoms with Gasteiger partial charge in [0.05, 0.1) is 4.92 Å². The molecule has 0 amide bonds. The van der Waals surface area contributed by atoms with Gasteiger partial charge in [-0.3, -0.25) is 14.9 Å². The lowest BCUT2D eigenvalue weighted by Gasteiger charge is -2.56. The number of rotatable bonds is 4. The first kappa shape index (κ1) is 14.9. The first-order chi connectivity index (χ1) is 10.9. The molecule has 0 aliphatic heterocycles. The van der Waals surface area contributed by atoms with Crippen molar-refractivity contribution in [2.75, 3.05) is 0 Å². The Labute approximate surface area is 136 Å². The molecular formula is C19H23NO3. The number of nitrogens with zero attached hydrogens (tertiary/aromatic N) is 1. The predicted molar refractivity (Wildman–Crippen MR) is 87.1 cm³/mol. The van der Waals surface area contributed by atoms with Crippen molar-refractivity contribution in [2.24, 2.45) is 23.2 Å². The molecule has 0 atom stereocenters. The van der Waals surface area contributed by atoms with E-state index in [2.05, 4.69) is 0 Å². The van der Waals surface area contributed by atoms with E-state index in [-0.39, 0.29) is 16.0 Å². The molecule has 0 aromatic heterocycles. The van der Waals surface area contributed by atoms with Gasteiger partial charge in [-0.2, -0.15) is 0 Å². The molecular weight excluding hydrogens is 290 g/mol. The molecule has 0 spiro atoms. The standard InChI is InChI=1S/C19H23NO3/c1-12-4-13(2-3-17(12)20(22)23)8-18(21)19-9-14-5-15(10-19)7-16(6-14)11-19/h2-4,14-16H,5-11H2,1H3. The average Bonchev–Trinajstić information content (AvgIpc) is 2.45. The van der Waals surface area contributed by atoms with E-state index >= 15 is 0 Å². The van der Waals surface area contributed by atoms with Crippen LogP contribution in [0.3, 0.4) is 0 Å². The quantitative estimate of drug-likeness (QED) is 0.617. The summed E-state index contributed by atoms with van der Waals surface area (Å²) in [7, 11) is 0. The molecule has 4 nitrogen and oxygen atoms in total. The summed E-state index contributed by atoms with van der Waals surface area (Å²) >= 11 is 0. The Morgan fingerprint density at radius 3 is 2.22 bits per heavy atom. The fraction of sp³-hybridized carbons (Fsp3) is 0.632. The van der Waals surface area contributed by atoms with Crippen LogP contribution in [0, 0.1) is 40.2 Å². The molecule has 23 heavy (non-hydrogen) atoms. The van der Waals surface area contributed by atoms with E-state index < -0.39 is 0 Å². The molecule has 4 bridgehead atoms. The van der Waals surface area contributed by atoms with E-state index in [9.17, 15) is 14.9 Å². The van der Waals surface area contributed by atoms with Gasteiger partial charge in [-0.05, 0) is 74.8 Å². The zero-order valence-corrected chi connectivity index (χ0v) is 13.6. The van der Waals surface area contributed by atoms with Crippen LogP contribution in [0.2, 0.25) is 0 Å². The molecule has 4 fully saturated rings. The minimum Gasteiger partial charge on any atom is -0.299 e. The van der Waals surface area contributed by atoms with Gasteiger partial charge in [0.2, 0.25) is 0 Å². The van der Waals surface area contributed by atoms with Gasteiger partial charge >= 0.3 is 0 Å². The number of carbonyl (C=O) groups excluding carboxylic acids is 1. The van der Waals surface area contributed by atoms with E-state index in [0.717, 1.165) is 42.6 Å². The van der Waals surface area contributed by atoms with Crippen molar-refractivity contribution in [2.45, 2.75) is 51.9 Å². The van der Waals surface area contributed by atoms with Gasteiger partial charge in [-0.1, -0.05) is 6.07 Å². The van der Waals surface area contributed by atoms with Crippen LogP contribution in [-0.2, 0) is 11.2 Å². The maximum absolute atomic E-state index is 13.1. The SMILES string of the molecule is Cc1cc(CC(=O)C23CC4CC(CC(C4)C2)C3)ccc1[N+](=O)[O-]. The maximum Gasteiger partial charge on any atom is 0.272 e. The molecule has 4 aliphatic rings. The number of nitro groups is 1. The van der Waals surface area contributed by atoms with Crippen LogP contribution < -0.4 is 0 Å². The van der Waals surface area contributed by atoms with E-state index in [4.69, 9.17) is 0 Å². The molecule has 0 unspecified atom stereocenters. The lowest BCUT2D eigenvalue weighted by atomic mass is 9.48. The van der Waals surface area contributed by atoms with Gasteiger partial charge in [0.15, 0.2) is 0 Å². The molecule has 0 N–H and O–H groups in total. The third-order valence-electron chi connectivity index (χ3n) is 6.45. The summed E-state index contributed by atoms with van der Waals surface area (Å²) < 4.78 is 0. The topological polar surface area (TPSA) is 60.2 Å². The van der Waals surface area contributed by atoms with E-state index in [0.29, 0.717) is 17.8 Å². The maximum atomic E-state index is 13.1. The predicted octanol–water partition coefficient (Wildman–Crippen LogP) is 4.23. The number of ketones is 1. The minimum atomic E-state index is -0.361. The highest BCUT2D eigenvalue weighted by atomic mass is 16.6. The highest BCUT2D eigenvalue weighted by molar-refractivity contribution is 5.87. The number of benzene rings is 1. The van der Waals surface area contributed by atoms with E-state index in [1.54, 1.807) is 13.0 Å². The Hall–Kier alpha value is -1.71. The van der Waals surface area contributed by atoms with E-state index in [1.165, 1.54) is 25.3 Å². The zero-order chi connectivity index (χ0) is 16.2. The van der Waals surface area contributed by atoms with Crippen molar-refractivity contribution >= 4 is 11.5 Å². The third-order valence-corrected chi connectivity index (χ3v) is 6.45. The first-order valence-electron chi connectivity index (χ1n) is 8.72. The Kier molecular flexibility index (Phi) is 3.33. The average molecular weight is 313 g/mol. The Bertz CT molecular complexity index is 644. The van der Waals surface area contributed by atoms with Crippen LogP contribution in [0.25, 0.3) is 0 Å². The van der Waals surface area contributed by atoms with Crippen LogP contribution in [-0.4, -0.2) is 10.7 Å². The van der Waals surface area contributed by atoms with Crippen LogP contribution >= 0.6 is 0 Å². The van der Waals surface area contributed by atoms with Crippen molar-refractivity contribution in [1.82, 2.24) is 0 Å². The van der Waals surface area contributed by atoms with Gasteiger partial charge in [0.25, 0.3) is 5.69 Å². The summed E-state index contributed by atoms with van der Waals surface area (Å²) in [6.07, 6.45) is 7.71. The fourth-order valence-corrected chi connectivity index (χ4v) is 5.86. The van der Waals surface area contributed by atoms with Crippen molar-refractivity contribution in [3.05, 3.63) is 39.4 Å². The number of nitro benzene ring substituents is 1. The van der Waals surface area contributed by atoms with Crippen molar-refractivity contribution in [3.63, 3.8) is 0 Å². The molecule has 1 aromatic rings. The number of carbonyl (C=O) groups is 1. The molecule has 1 aromatic carbocycles. The number of hydrogen-bond donors (Lipinski definition) is 0. The Morgan fingerprint density at radius 1 is 1.17 bits per heavy atom. The molecule has 4 aliphatic carbocycles. The second-order valence-corrected chi connectivity index (χ2v) is 8.18. The number of aryl methyl sites for hydroxylation is 1. The highest BCUT2D eigenvalue weighted by Crippen LogP contribution is 2.60. The first-order valence-corrected chi connectivity index (χ1v) is 8.72. The molecule has 0 radical (unpaired) electrons. The van der Waals surface area contributed by atoms with Crippen LogP contribution in [0.15, 0.2) is 18.2 Å². The van der Waals surface area contributed by atoms with Gasteiger partial charge in [-0.15, -0.1) is 0 Å². The van der Waals surface area contributed by atoms with Gasteiger partial charge in [0.1, 0.15) is 5.78 Å². The van der Waals surface area contributed by atoms with Gasteiger partial charge in [0, 0.05) is 23.5 Å².